The summed E-state index contributed by atoms with van der Waals surface area (Å²) in [6.45, 7) is 4.30. The standard InChI is InChI=1S/C11H18N2/c1-4-8-9(5-2)11(13-3)7-6-10(8)12/h6-7,13H,4-5,12H2,1-3H3. The fraction of sp³-hybridized carbons (Fsp3) is 0.455. The number of nitrogens with two attached hydrogens (primary N) is 1. The van der Waals surface area contributed by atoms with Crippen molar-refractivity contribution in [1.29, 1.82) is 0 Å². The van der Waals surface area contributed by atoms with Crippen molar-refractivity contribution in [2.75, 3.05) is 18.1 Å². The van der Waals surface area contributed by atoms with Gasteiger partial charge in [-0.15, -0.1) is 0 Å². The molecule has 2 nitrogen and oxygen atoms in total. The van der Waals surface area contributed by atoms with E-state index in [0.29, 0.717) is 0 Å². The summed E-state index contributed by atoms with van der Waals surface area (Å²) in [4.78, 5) is 0. The predicted molar refractivity (Wildman–Crippen MR) is 59.2 cm³/mol. The van der Waals surface area contributed by atoms with Gasteiger partial charge in [0.1, 0.15) is 0 Å². The number of nitrogens with one attached hydrogen (secondary N) is 1. The molecule has 0 bridgehead atoms. The van der Waals surface area contributed by atoms with Crippen molar-refractivity contribution in [1.82, 2.24) is 0 Å². The minimum Gasteiger partial charge on any atom is -0.398 e. The Kier molecular flexibility index (Phi) is 3.18. The van der Waals surface area contributed by atoms with Crippen LogP contribution in [0.5, 0.6) is 0 Å². The van der Waals surface area contributed by atoms with Gasteiger partial charge < -0.3 is 11.1 Å². The Balaban J connectivity index is 3.27. The first-order valence-electron chi connectivity index (χ1n) is 4.82. The molecule has 0 saturated carbocycles. The van der Waals surface area contributed by atoms with Gasteiger partial charge in [0.25, 0.3) is 0 Å². The van der Waals surface area contributed by atoms with Crippen LogP contribution in [0.25, 0.3) is 0 Å². The van der Waals surface area contributed by atoms with Crippen molar-refractivity contribution < 1.29 is 0 Å². The summed E-state index contributed by atoms with van der Waals surface area (Å²) < 4.78 is 0. The van der Waals surface area contributed by atoms with Gasteiger partial charge in [-0.2, -0.15) is 0 Å². The van der Waals surface area contributed by atoms with Crippen molar-refractivity contribution >= 4 is 11.4 Å². The van der Waals surface area contributed by atoms with Crippen LogP contribution in [0.2, 0.25) is 0 Å². The largest absolute Gasteiger partial charge is 0.398 e. The lowest BCUT2D eigenvalue weighted by Gasteiger charge is -2.14. The maximum absolute atomic E-state index is 5.90. The van der Waals surface area contributed by atoms with Crippen molar-refractivity contribution in [2.24, 2.45) is 0 Å². The second-order valence-electron chi connectivity index (χ2n) is 3.12. The summed E-state index contributed by atoms with van der Waals surface area (Å²) in [5.74, 6) is 0. The van der Waals surface area contributed by atoms with E-state index in [0.717, 1.165) is 18.5 Å². The third kappa shape index (κ3) is 1.77. The molecule has 0 spiro atoms. The summed E-state index contributed by atoms with van der Waals surface area (Å²) in [7, 11) is 1.95. The lowest BCUT2D eigenvalue weighted by atomic mass is 9.99. The number of rotatable bonds is 3. The smallest absolute Gasteiger partial charge is 0.0374 e. The van der Waals surface area contributed by atoms with Gasteiger partial charge in [0.15, 0.2) is 0 Å². The molecule has 0 atom stereocenters. The van der Waals surface area contributed by atoms with Gasteiger partial charge in [-0.25, -0.2) is 0 Å². The molecule has 0 aliphatic rings. The van der Waals surface area contributed by atoms with E-state index in [1.807, 2.05) is 19.2 Å². The first-order chi connectivity index (χ1) is 6.24. The third-order valence-electron chi connectivity index (χ3n) is 2.44. The van der Waals surface area contributed by atoms with Crippen molar-refractivity contribution in [3.8, 4) is 0 Å². The normalized spacial score (nSPS) is 10.1. The zero-order valence-electron chi connectivity index (χ0n) is 8.65. The second-order valence-corrected chi connectivity index (χ2v) is 3.12. The molecular formula is C11H18N2. The molecule has 0 amide bonds. The minimum absolute atomic E-state index is 0.915. The highest BCUT2D eigenvalue weighted by atomic mass is 14.8. The molecule has 72 valence electrons. The predicted octanol–water partition coefficient (Wildman–Crippen LogP) is 2.44. The van der Waals surface area contributed by atoms with Crippen molar-refractivity contribution in [3.63, 3.8) is 0 Å². The molecule has 0 unspecified atom stereocenters. The van der Waals surface area contributed by atoms with E-state index in [-0.39, 0.29) is 0 Å². The quantitative estimate of drug-likeness (QED) is 0.698. The lowest BCUT2D eigenvalue weighted by molar-refractivity contribution is 1.04. The molecule has 1 aromatic rings. The summed E-state index contributed by atoms with van der Waals surface area (Å²) in [5.41, 5.74) is 10.7. The molecule has 2 heteroatoms. The number of nitrogen functional groups attached to an aromatic ring is 1. The maximum Gasteiger partial charge on any atom is 0.0374 e. The number of benzene rings is 1. The SMILES string of the molecule is CCc1c(N)ccc(NC)c1CC. The second kappa shape index (κ2) is 4.17. The fourth-order valence-electron chi connectivity index (χ4n) is 1.77. The summed E-state index contributed by atoms with van der Waals surface area (Å²) in [5, 5.41) is 3.19. The van der Waals surface area contributed by atoms with E-state index in [1.165, 1.54) is 16.8 Å². The van der Waals surface area contributed by atoms with Crippen LogP contribution in [0, 0.1) is 0 Å². The molecule has 0 aliphatic carbocycles. The Bertz CT molecular complexity index is 292. The van der Waals surface area contributed by atoms with Crippen molar-refractivity contribution in [2.45, 2.75) is 26.7 Å². The van der Waals surface area contributed by atoms with E-state index < -0.39 is 0 Å². The molecule has 0 fully saturated rings. The van der Waals surface area contributed by atoms with Crippen LogP contribution in [0.3, 0.4) is 0 Å². The van der Waals surface area contributed by atoms with Gasteiger partial charge in [-0.05, 0) is 36.1 Å². The van der Waals surface area contributed by atoms with Crippen LogP contribution in [-0.4, -0.2) is 7.05 Å². The van der Waals surface area contributed by atoms with E-state index in [2.05, 4.69) is 19.2 Å². The fourth-order valence-corrected chi connectivity index (χ4v) is 1.77. The van der Waals surface area contributed by atoms with Gasteiger partial charge in [0.2, 0.25) is 0 Å². The molecule has 13 heavy (non-hydrogen) atoms. The Morgan fingerprint density at radius 2 is 1.77 bits per heavy atom. The van der Waals surface area contributed by atoms with E-state index in [1.54, 1.807) is 0 Å². The van der Waals surface area contributed by atoms with E-state index in [4.69, 9.17) is 5.73 Å². The lowest BCUT2D eigenvalue weighted by Crippen LogP contribution is -2.02. The third-order valence-corrected chi connectivity index (χ3v) is 2.44. The van der Waals surface area contributed by atoms with Crippen LogP contribution in [0.15, 0.2) is 12.1 Å². The van der Waals surface area contributed by atoms with Gasteiger partial charge in [0.05, 0.1) is 0 Å². The van der Waals surface area contributed by atoms with Crippen molar-refractivity contribution in [3.05, 3.63) is 23.3 Å². The van der Waals surface area contributed by atoms with E-state index in [9.17, 15) is 0 Å². The number of hydrogen-bond donors (Lipinski definition) is 2. The zero-order valence-corrected chi connectivity index (χ0v) is 8.65. The van der Waals surface area contributed by atoms with Gasteiger partial charge >= 0.3 is 0 Å². The van der Waals surface area contributed by atoms with Crippen LogP contribution in [0.4, 0.5) is 11.4 Å². The summed E-state index contributed by atoms with van der Waals surface area (Å²) >= 11 is 0. The Morgan fingerprint density at radius 3 is 2.23 bits per heavy atom. The minimum atomic E-state index is 0.915. The molecule has 1 aromatic carbocycles. The number of anilines is 2. The maximum atomic E-state index is 5.90. The molecule has 0 radical (unpaired) electrons. The summed E-state index contributed by atoms with van der Waals surface area (Å²) in [6.07, 6.45) is 2.04. The Labute approximate surface area is 80.1 Å². The molecule has 0 heterocycles. The highest BCUT2D eigenvalue weighted by Gasteiger charge is 2.07. The average molecular weight is 178 g/mol. The monoisotopic (exact) mass is 178 g/mol. The highest BCUT2D eigenvalue weighted by Crippen LogP contribution is 2.25. The molecule has 0 aromatic heterocycles. The van der Waals surface area contributed by atoms with E-state index >= 15 is 0 Å². The molecular weight excluding hydrogens is 160 g/mol. The zero-order chi connectivity index (χ0) is 9.84. The topological polar surface area (TPSA) is 38.0 Å². The van der Waals surface area contributed by atoms with Crippen LogP contribution in [0.1, 0.15) is 25.0 Å². The average Bonchev–Trinajstić information content (AvgIpc) is 2.17. The number of hydrogen-bond acceptors (Lipinski definition) is 2. The van der Waals surface area contributed by atoms with Gasteiger partial charge in [-0.1, -0.05) is 13.8 Å². The van der Waals surface area contributed by atoms with Crippen LogP contribution in [-0.2, 0) is 12.8 Å². The van der Waals surface area contributed by atoms with Crippen LogP contribution >= 0.6 is 0 Å². The van der Waals surface area contributed by atoms with Crippen LogP contribution < -0.4 is 11.1 Å². The Hall–Kier alpha value is -1.18. The molecule has 0 aliphatic heterocycles. The first-order valence-corrected chi connectivity index (χ1v) is 4.82. The molecule has 3 N–H and O–H groups in total. The van der Waals surface area contributed by atoms with Gasteiger partial charge in [-0.3, -0.25) is 0 Å². The summed E-state index contributed by atoms with van der Waals surface area (Å²) in [6, 6.07) is 4.02. The first kappa shape index (κ1) is 9.90. The molecule has 0 saturated heterocycles. The highest BCUT2D eigenvalue weighted by molar-refractivity contribution is 5.63. The van der Waals surface area contributed by atoms with Gasteiger partial charge in [0, 0.05) is 18.4 Å². The Morgan fingerprint density at radius 1 is 1.15 bits per heavy atom. The molecule has 1 rings (SSSR count).